The van der Waals surface area contributed by atoms with E-state index in [1.165, 1.54) is 12.5 Å². The zero-order valence-electron chi connectivity index (χ0n) is 7.89. The van der Waals surface area contributed by atoms with Gasteiger partial charge in [-0.25, -0.2) is 9.78 Å². The Bertz CT molecular complexity index is 554. The summed E-state index contributed by atoms with van der Waals surface area (Å²) in [7, 11) is 0. The van der Waals surface area contributed by atoms with E-state index in [1.807, 2.05) is 6.07 Å². The first-order chi connectivity index (χ1) is 7.58. The van der Waals surface area contributed by atoms with Crippen molar-refractivity contribution in [3.63, 3.8) is 0 Å². The van der Waals surface area contributed by atoms with Crippen molar-refractivity contribution in [1.29, 1.82) is 0 Å². The first-order valence-electron chi connectivity index (χ1n) is 4.30. The predicted octanol–water partition coefficient (Wildman–Crippen LogP) is 2.83. The van der Waals surface area contributed by atoms with E-state index < -0.39 is 5.97 Å². The fourth-order valence-corrected chi connectivity index (χ4v) is 2.41. The Kier molecular flexibility index (Phi) is 3.15. The van der Waals surface area contributed by atoms with Gasteiger partial charge in [-0.2, -0.15) is 0 Å². The van der Waals surface area contributed by atoms with E-state index in [1.54, 1.807) is 16.7 Å². The third-order valence-electron chi connectivity index (χ3n) is 1.99. The van der Waals surface area contributed by atoms with Gasteiger partial charge in [0.05, 0.1) is 5.69 Å². The molecule has 0 atom stereocenters. The lowest BCUT2D eigenvalue weighted by atomic mass is 10.3. The Labute approximate surface area is 110 Å². The lowest BCUT2D eigenvalue weighted by molar-refractivity contribution is 0.0691. The summed E-state index contributed by atoms with van der Waals surface area (Å²) in [5.74, 6) is -1.04. The van der Waals surface area contributed by atoms with Crippen molar-refractivity contribution in [2.75, 3.05) is 0 Å². The highest BCUT2D eigenvalue weighted by molar-refractivity contribution is 14.1. The van der Waals surface area contributed by atoms with Crippen molar-refractivity contribution in [2.24, 2.45) is 0 Å². The maximum atomic E-state index is 10.7. The monoisotopic (exact) mass is 348 g/mol. The van der Waals surface area contributed by atoms with Crippen LogP contribution in [0.2, 0.25) is 5.02 Å². The van der Waals surface area contributed by atoms with Crippen LogP contribution in [0.4, 0.5) is 0 Å². The van der Waals surface area contributed by atoms with Crippen molar-refractivity contribution in [3.8, 4) is 5.69 Å². The van der Waals surface area contributed by atoms with Crippen LogP contribution in [-0.4, -0.2) is 20.6 Å². The molecule has 1 aromatic heterocycles. The lowest BCUT2D eigenvalue weighted by Crippen LogP contribution is -1.96. The number of rotatable bonds is 2. The quantitative estimate of drug-likeness (QED) is 0.849. The van der Waals surface area contributed by atoms with Crippen LogP contribution in [0.3, 0.4) is 0 Å². The summed E-state index contributed by atoms with van der Waals surface area (Å²) < 4.78 is 2.58. The molecule has 0 aliphatic heterocycles. The molecule has 1 heterocycles. The zero-order valence-corrected chi connectivity index (χ0v) is 10.8. The van der Waals surface area contributed by atoms with Crippen LogP contribution < -0.4 is 0 Å². The van der Waals surface area contributed by atoms with E-state index in [9.17, 15) is 4.79 Å². The molecule has 1 N–H and O–H groups in total. The minimum atomic E-state index is -1.04. The molecule has 0 bridgehead atoms. The van der Waals surface area contributed by atoms with Gasteiger partial charge in [-0.05, 0) is 40.8 Å². The lowest BCUT2D eigenvalue weighted by Gasteiger charge is -2.04. The van der Waals surface area contributed by atoms with E-state index in [2.05, 4.69) is 27.6 Å². The van der Waals surface area contributed by atoms with Crippen LogP contribution in [-0.2, 0) is 0 Å². The number of hydrogen-bond donors (Lipinski definition) is 1. The first kappa shape index (κ1) is 11.4. The Morgan fingerprint density at radius 1 is 1.50 bits per heavy atom. The van der Waals surface area contributed by atoms with Gasteiger partial charge in [0.25, 0.3) is 0 Å². The van der Waals surface area contributed by atoms with Gasteiger partial charge in [-0.3, -0.25) is 0 Å². The van der Waals surface area contributed by atoms with Gasteiger partial charge in [0.15, 0.2) is 5.69 Å². The van der Waals surface area contributed by atoms with Gasteiger partial charge in [-0.15, -0.1) is 0 Å². The van der Waals surface area contributed by atoms with Crippen molar-refractivity contribution in [3.05, 3.63) is 45.0 Å². The standard InChI is InChI=1S/C10H6ClIN2O2/c11-6-1-2-9(7(12)3-6)14-4-8(10(15)16)13-5-14/h1-5H,(H,15,16). The van der Waals surface area contributed by atoms with Crippen LogP contribution >= 0.6 is 34.2 Å². The number of carboxylic acids is 1. The van der Waals surface area contributed by atoms with E-state index in [4.69, 9.17) is 16.7 Å². The Morgan fingerprint density at radius 3 is 2.81 bits per heavy atom. The molecule has 0 radical (unpaired) electrons. The van der Waals surface area contributed by atoms with Crippen LogP contribution in [0.5, 0.6) is 0 Å². The highest BCUT2D eigenvalue weighted by atomic mass is 127. The fourth-order valence-electron chi connectivity index (χ4n) is 1.26. The molecule has 0 amide bonds. The van der Waals surface area contributed by atoms with Crippen molar-refractivity contribution in [1.82, 2.24) is 9.55 Å². The molecule has 16 heavy (non-hydrogen) atoms. The largest absolute Gasteiger partial charge is 0.476 e. The SMILES string of the molecule is O=C(O)c1cn(-c2ccc(Cl)cc2I)cn1. The Balaban J connectivity index is 2.46. The summed E-state index contributed by atoms with van der Waals surface area (Å²) >= 11 is 7.97. The summed E-state index contributed by atoms with van der Waals surface area (Å²) in [4.78, 5) is 14.5. The Morgan fingerprint density at radius 2 is 2.25 bits per heavy atom. The molecule has 4 nitrogen and oxygen atoms in total. The van der Waals surface area contributed by atoms with Crippen molar-refractivity contribution >= 4 is 40.2 Å². The maximum Gasteiger partial charge on any atom is 0.356 e. The van der Waals surface area contributed by atoms with Crippen LogP contribution in [0, 0.1) is 3.57 Å². The molecule has 0 aliphatic carbocycles. The average molecular weight is 349 g/mol. The molecular weight excluding hydrogens is 342 g/mol. The summed E-state index contributed by atoms with van der Waals surface area (Å²) in [6.45, 7) is 0. The summed E-state index contributed by atoms with van der Waals surface area (Å²) in [6, 6.07) is 5.37. The average Bonchev–Trinajstić information content (AvgIpc) is 2.66. The molecule has 0 saturated carbocycles. The fraction of sp³-hybridized carbons (Fsp3) is 0. The number of aromatic carboxylic acids is 1. The molecule has 0 spiro atoms. The number of carbonyl (C=O) groups is 1. The first-order valence-corrected chi connectivity index (χ1v) is 5.76. The number of benzene rings is 1. The predicted molar refractivity (Wildman–Crippen MR) is 68.3 cm³/mol. The number of halogens is 2. The second-order valence-electron chi connectivity index (χ2n) is 3.07. The second-order valence-corrected chi connectivity index (χ2v) is 4.67. The Hall–Kier alpha value is -1.08. The van der Waals surface area contributed by atoms with Crippen molar-refractivity contribution in [2.45, 2.75) is 0 Å². The molecule has 0 saturated heterocycles. The van der Waals surface area contributed by atoms with Gasteiger partial charge >= 0.3 is 5.97 Å². The third-order valence-corrected chi connectivity index (χ3v) is 3.09. The summed E-state index contributed by atoms with van der Waals surface area (Å²) in [6.07, 6.45) is 2.93. The zero-order chi connectivity index (χ0) is 11.7. The van der Waals surface area contributed by atoms with E-state index in [-0.39, 0.29) is 5.69 Å². The van der Waals surface area contributed by atoms with Gasteiger partial charge in [-0.1, -0.05) is 11.6 Å². The minimum Gasteiger partial charge on any atom is -0.476 e. The minimum absolute atomic E-state index is 0.0192. The summed E-state index contributed by atoms with van der Waals surface area (Å²) in [5.41, 5.74) is 0.871. The van der Waals surface area contributed by atoms with Gasteiger partial charge in [0.2, 0.25) is 0 Å². The van der Waals surface area contributed by atoms with Crippen LogP contribution in [0.15, 0.2) is 30.7 Å². The number of imidazole rings is 1. The number of aromatic nitrogens is 2. The number of hydrogen-bond acceptors (Lipinski definition) is 2. The van der Waals surface area contributed by atoms with E-state index >= 15 is 0 Å². The van der Waals surface area contributed by atoms with Crippen LogP contribution in [0.1, 0.15) is 10.5 Å². The van der Waals surface area contributed by atoms with Gasteiger partial charge in [0.1, 0.15) is 6.33 Å². The molecule has 2 aromatic rings. The normalized spacial score (nSPS) is 10.4. The van der Waals surface area contributed by atoms with E-state index in [0.717, 1.165) is 9.26 Å². The topological polar surface area (TPSA) is 55.1 Å². The molecule has 2 rings (SSSR count). The number of nitrogens with zero attached hydrogens (tertiary/aromatic N) is 2. The molecule has 0 aliphatic rings. The highest BCUT2D eigenvalue weighted by Crippen LogP contribution is 2.21. The van der Waals surface area contributed by atoms with Gasteiger partial charge < -0.3 is 9.67 Å². The number of carboxylic acid groups (broad SMARTS) is 1. The molecule has 0 fully saturated rings. The molecule has 0 unspecified atom stereocenters. The van der Waals surface area contributed by atoms with Gasteiger partial charge in [0, 0.05) is 14.8 Å². The molecular formula is C10H6ClIN2O2. The molecule has 6 heteroatoms. The third kappa shape index (κ3) is 2.19. The smallest absolute Gasteiger partial charge is 0.356 e. The van der Waals surface area contributed by atoms with Crippen molar-refractivity contribution < 1.29 is 9.90 Å². The second kappa shape index (κ2) is 4.42. The highest BCUT2D eigenvalue weighted by Gasteiger charge is 2.09. The summed E-state index contributed by atoms with van der Waals surface area (Å²) in [5, 5.41) is 9.40. The van der Waals surface area contributed by atoms with E-state index in [0.29, 0.717) is 5.02 Å². The maximum absolute atomic E-state index is 10.7. The molecule has 1 aromatic carbocycles. The van der Waals surface area contributed by atoms with Crippen LogP contribution in [0.25, 0.3) is 5.69 Å². The molecule has 82 valence electrons.